The predicted molar refractivity (Wildman–Crippen MR) is 104 cm³/mol. The van der Waals surface area contributed by atoms with Crippen molar-refractivity contribution in [2.45, 2.75) is 6.54 Å². The van der Waals surface area contributed by atoms with Crippen LogP contribution in [0.3, 0.4) is 0 Å². The lowest BCUT2D eigenvalue weighted by molar-refractivity contribution is 0.0628. The molecule has 0 atom stereocenters. The van der Waals surface area contributed by atoms with E-state index in [4.69, 9.17) is 11.6 Å². The predicted octanol–water partition coefficient (Wildman–Crippen LogP) is 3.08. The summed E-state index contributed by atoms with van der Waals surface area (Å²) in [4.78, 5) is 21.2. The maximum Gasteiger partial charge on any atom is 0.253 e. The molecule has 1 amide bonds. The van der Waals surface area contributed by atoms with E-state index in [2.05, 4.69) is 32.2 Å². The summed E-state index contributed by atoms with van der Waals surface area (Å²) in [5.41, 5.74) is 2.85. The first-order valence-electron chi connectivity index (χ1n) is 8.91. The molecule has 2 heterocycles. The Morgan fingerprint density at radius 3 is 2.33 bits per heavy atom. The number of benzene rings is 2. The van der Waals surface area contributed by atoms with Crippen molar-refractivity contribution in [2.24, 2.45) is 0 Å². The average Bonchev–Trinajstić information content (AvgIpc) is 3.25. The lowest BCUT2D eigenvalue weighted by Crippen LogP contribution is -2.48. The monoisotopic (exact) mass is 381 g/mol. The van der Waals surface area contributed by atoms with Crippen molar-refractivity contribution in [3.8, 4) is 11.4 Å². The maximum atomic E-state index is 12.8. The van der Waals surface area contributed by atoms with E-state index in [9.17, 15) is 4.79 Å². The fourth-order valence-corrected chi connectivity index (χ4v) is 3.38. The molecular formula is C20H20ClN5O. The van der Waals surface area contributed by atoms with E-state index in [1.54, 1.807) is 0 Å². The molecule has 0 saturated carbocycles. The Bertz CT molecular complexity index is 885. The summed E-state index contributed by atoms with van der Waals surface area (Å²) >= 11 is 5.94. The first-order chi connectivity index (χ1) is 13.2. The molecule has 27 heavy (non-hydrogen) atoms. The molecule has 0 bridgehead atoms. The van der Waals surface area contributed by atoms with E-state index in [-0.39, 0.29) is 5.91 Å². The standard InChI is InChI=1S/C20H20ClN5O/c21-18-7-1-15(2-8-18)13-25-9-11-26(12-10-25)20(27)17-5-3-16(4-6-17)19-22-14-23-24-19/h1-8,14H,9-13H2,(H,22,23,24). The largest absolute Gasteiger partial charge is 0.336 e. The van der Waals surface area contributed by atoms with Crippen molar-refractivity contribution in [1.29, 1.82) is 0 Å². The van der Waals surface area contributed by atoms with Crippen molar-refractivity contribution in [3.05, 3.63) is 71.0 Å². The van der Waals surface area contributed by atoms with Gasteiger partial charge in [-0.1, -0.05) is 35.9 Å². The minimum absolute atomic E-state index is 0.0743. The van der Waals surface area contributed by atoms with E-state index >= 15 is 0 Å². The molecule has 0 radical (unpaired) electrons. The molecule has 1 N–H and O–H groups in total. The second-order valence-electron chi connectivity index (χ2n) is 6.61. The van der Waals surface area contributed by atoms with Crippen molar-refractivity contribution >= 4 is 17.5 Å². The minimum Gasteiger partial charge on any atom is -0.336 e. The highest BCUT2D eigenvalue weighted by atomic mass is 35.5. The van der Waals surface area contributed by atoms with Gasteiger partial charge in [0.05, 0.1) is 0 Å². The maximum absolute atomic E-state index is 12.8. The highest BCUT2D eigenvalue weighted by molar-refractivity contribution is 6.30. The van der Waals surface area contributed by atoms with Gasteiger partial charge in [0, 0.05) is 48.9 Å². The number of nitrogens with zero attached hydrogens (tertiary/aromatic N) is 4. The Morgan fingerprint density at radius 1 is 1.00 bits per heavy atom. The quantitative estimate of drug-likeness (QED) is 0.754. The summed E-state index contributed by atoms with van der Waals surface area (Å²) in [7, 11) is 0. The average molecular weight is 382 g/mol. The van der Waals surface area contributed by atoms with Gasteiger partial charge in [-0.05, 0) is 29.8 Å². The lowest BCUT2D eigenvalue weighted by Gasteiger charge is -2.34. The smallest absolute Gasteiger partial charge is 0.253 e. The van der Waals surface area contributed by atoms with Gasteiger partial charge in [0.25, 0.3) is 5.91 Å². The van der Waals surface area contributed by atoms with Gasteiger partial charge in [0.15, 0.2) is 5.82 Å². The first kappa shape index (κ1) is 17.7. The minimum atomic E-state index is 0.0743. The molecule has 0 spiro atoms. The summed E-state index contributed by atoms with van der Waals surface area (Å²) in [6.07, 6.45) is 1.47. The van der Waals surface area contributed by atoms with Crippen LogP contribution in [0.25, 0.3) is 11.4 Å². The third-order valence-corrected chi connectivity index (χ3v) is 5.05. The van der Waals surface area contributed by atoms with Crippen LogP contribution in [0.5, 0.6) is 0 Å². The van der Waals surface area contributed by atoms with Gasteiger partial charge in [0.1, 0.15) is 6.33 Å². The Labute approximate surface area is 162 Å². The molecule has 1 aliphatic heterocycles. The number of carbonyl (C=O) groups excluding carboxylic acids is 1. The molecule has 1 fully saturated rings. The first-order valence-corrected chi connectivity index (χ1v) is 9.29. The number of amides is 1. The Hall–Kier alpha value is -2.70. The van der Waals surface area contributed by atoms with Crippen molar-refractivity contribution in [2.75, 3.05) is 26.2 Å². The number of halogens is 1. The van der Waals surface area contributed by atoms with E-state index in [0.29, 0.717) is 11.4 Å². The zero-order valence-electron chi connectivity index (χ0n) is 14.8. The zero-order chi connectivity index (χ0) is 18.6. The number of hydrogen-bond acceptors (Lipinski definition) is 4. The summed E-state index contributed by atoms with van der Waals surface area (Å²) in [6.45, 7) is 4.08. The number of aromatic nitrogens is 3. The van der Waals surface area contributed by atoms with E-state index in [1.165, 1.54) is 11.9 Å². The number of H-pyrrole nitrogens is 1. The van der Waals surface area contributed by atoms with Gasteiger partial charge in [-0.3, -0.25) is 14.8 Å². The molecule has 3 aromatic rings. The topological polar surface area (TPSA) is 65.1 Å². The normalized spacial score (nSPS) is 15.1. The van der Waals surface area contributed by atoms with E-state index in [1.807, 2.05) is 41.3 Å². The molecule has 138 valence electrons. The number of carbonyl (C=O) groups is 1. The van der Waals surface area contributed by atoms with Gasteiger partial charge in [-0.2, -0.15) is 5.10 Å². The van der Waals surface area contributed by atoms with Gasteiger partial charge < -0.3 is 4.90 Å². The fourth-order valence-electron chi connectivity index (χ4n) is 3.25. The van der Waals surface area contributed by atoms with Crippen LogP contribution in [-0.4, -0.2) is 57.1 Å². The molecule has 1 aliphatic rings. The molecule has 1 aromatic heterocycles. The van der Waals surface area contributed by atoms with Crippen LogP contribution in [0.1, 0.15) is 15.9 Å². The van der Waals surface area contributed by atoms with Crippen molar-refractivity contribution in [1.82, 2.24) is 25.0 Å². The number of piperazine rings is 1. The van der Waals surface area contributed by atoms with E-state index < -0.39 is 0 Å². The SMILES string of the molecule is O=C(c1ccc(-c2ncn[nH]2)cc1)N1CCN(Cc2ccc(Cl)cc2)CC1. The number of nitrogens with one attached hydrogen (secondary N) is 1. The number of hydrogen-bond donors (Lipinski definition) is 1. The van der Waals surface area contributed by atoms with Crippen LogP contribution in [0.4, 0.5) is 0 Å². The molecule has 2 aromatic carbocycles. The second-order valence-corrected chi connectivity index (χ2v) is 7.04. The lowest BCUT2D eigenvalue weighted by atomic mass is 10.1. The number of aromatic amines is 1. The van der Waals surface area contributed by atoms with Crippen LogP contribution in [0.15, 0.2) is 54.9 Å². The summed E-state index contributed by atoms with van der Waals surface area (Å²) in [5.74, 6) is 0.773. The molecular weight excluding hydrogens is 362 g/mol. The highest BCUT2D eigenvalue weighted by Crippen LogP contribution is 2.17. The Kier molecular flexibility index (Phi) is 5.18. The summed E-state index contributed by atoms with van der Waals surface area (Å²) < 4.78 is 0. The fraction of sp³-hybridized carbons (Fsp3) is 0.250. The van der Waals surface area contributed by atoms with Crippen LogP contribution < -0.4 is 0 Å². The van der Waals surface area contributed by atoms with Gasteiger partial charge >= 0.3 is 0 Å². The molecule has 4 rings (SSSR count). The van der Waals surface area contributed by atoms with Gasteiger partial charge in [-0.15, -0.1) is 0 Å². The third kappa shape index (κ3) is 4.18. The van der Waals surface area contributed by atoms with Crippen molar-refractivity contribution < 1.29 is 4.79 Å². The summed E-state index contributed by atoms with van der Waals surface area (Å²) in [5, 5.41) is 7.43. The molecule has 0 unspecified atom stereocenters. The highest BCUT2D eigenvalue weighted by Gasteiger charge is 2.22. The summed E-state index contributed by atoms with van der Waals surface area (Å²) in [6, 6.07) is 15.4. The van der Waals surface area contributed by atoms with Crippen LogP contribution in [0, 0.1) is 0 Å². The van der Waals surface area contributed by atoms with Crippen LogP contribution in [-0.2, 0) is 6.54 Å². The molecule has 7 heteroatoms. The Balaban J connectivity index is 1.33. The molecule has 1 saturated heterocycles. The molecule has 0 aliphatic carbocycles. The van der Waals surface area contributed by atoms with Crippen LogP contribution >= 0.6 is 11.6 Å². The van der Waals surface area contributed by atoms with Crippen molar-refractivity contribution in [3.63, 3.8) is 0 Å². The van der Waals surface area contributed by atoms with Crippen LogP contribution in [0.2, 0.25) is 5.02 Å². The van der Waals surface area contributed by atoms with Gasteiger partial charge in [0.2, 0.25) is 0 Å². The van der Waals surface area contributed by atoms with E-state index in [0.717, 1.165) is 43.3 Å². The Morgan fingerprint density at radius 2 is 1.70 bits per heavy atom. The van der Waals surface area contributed by atoms with Gasteiger partial charge in [-0.25, -0.2) is 4.98 Å². The molecule has 6 nitrogen and oxygen atoms in total. The number of rotatable bonds is 4. The second kappa shape index (κ2) is 7.90. The zero-order valence-corrected chi connectivity index (χ0v) is 15.6. The third-order valence-electron chi connectivity index (χ3n) is 4.80.